The van der Waals surface area contributed by atoms with Crippen molar-refractivity contribution in [2.75, 3.05) is 0 Å². The van der Waals surface area contributed by atoms with Gasteiger partial charge in [-0.15, -0.1) is 0 Å². The number of carbonyl (C=O) groups is 2. The summed E-state index contributed by atoms with van der Waals surface area (Å²) in [5.41, 5.74) is -0.570. The van der Waals surface area contributed by atoms with Crippen molar-refractivity contribution in [2.45, 2.75) is 13.3 Å². The van der Waals surface area contributed by atoms with E-state index in [2.05, 4.69) is 0 Å². The average molecular weight is 234 g/mol. The molecule has 0 saturated heterocycles. The number of phenols is 2. The number of hydrogen-bond donors (Lipinski definition) is 3. The number of benzene rings is 1. The number of ketones is 2. The topological polar surface area (TPSA) is 94.8 Å². The van der Waals surface area contributed by atoms with Gasteiger partial charge in [0.05, 0.1) is 11.1 Å². The normalized spacial score (nSPS) is 15.1. The van der Waals surface area contributed by atoms with Crippen LogP contribution in [0.2, 0.25) is 0 Å². The van der Waals surface area contributed by atoms with Crippen LogP contribution in [0.15, 0.2) is 17.7 Å². The third-order valence-corrected chi connectivity index (χ3v) is 2.74. The predicted molar refractivity (Wildman–Crippen MR) is 58.9 cm³/mol. The molecule has 5 heteroatoms. The van der Waals surface area contributed by atoms with E-state index in [1.54, 1.807) is 6.92 Å². The predicted octanol–water partition coefficient (Wildman–Crippen LogP) is 1.54. The lowest BCUT2D eigenvalue weighted by atomic mass is 9.86. The first-order chi connectivity index (χ1) is 7.99. The van der Waals surface area contributed by atoms with Crippen LogP contribution in [0.25, 0.3) is 5.76 Å². The maximum Gasteiger partial charge on any atom is 0.237 e. The standard InChI is InChI=1S/C12H10O5/c1-2-5-10(15)8-6(13)3-4-7(14)9(8)12(17)11(5)16/h3-4,13-15H,2H2,1H3. The number of phenolic OH excluding ortho intramolecular Hbond substituents is 2. The first-order valence-electron chi connectivity index (χ1n) is 5.05. The Labute approximate surface area is 96.6 Å². The molecule has 0 aliphatic heterocycles. The van der Waals surface area contributed by atoms with E-state index in [1.165, 1.54) is 0 Å². The summed E-state index contributed by atoms with van der Waals surface area (Å²) in [6, 6.07) is 2.25. The van der Waals surface area contributed by atoms with Crippen molar-refractivity contribution >= 4 is 17.3 Å². The van der Waals surface area contributed by atoms with Crippen LogP contribution in [0.5, 0.6) is 11.5 Å². The first kappa shape index (κ1) is 11.2. The molecule has 0 bridgehead atoms. The lowest BCUT2D eigenvalue weighted by Gasteiger charge is -2.18. The second-order valence-corrected chi connectivity index (χ2v) is 3.69. The quantitative estimate of drug-likeness (QED) is 0.506. The lowest BCUT2D eigenvalue weighted by molar-refractivity contribution is -0.112. The molecule has 1 aromatic carbocycles. The van der Waals surface area contributed by atoms with Gasteiger partial charge in [0, 0.05) is 5.57 Å². The zero-order chi connectivity index (χ0) is 12.7. The molecule has 3 N–H and O–H groups in total. The lowest BCUT2D eigenvalue weighted by Crippen LogP contribution is -2.24. The number of aliphatic hydroxyl groups is 1. The van der Waals surface area contributed by atoms with Gasteiger partial charge in [0.15, 0.2) is 0 Å². The van der Waals surface area contributed by atoms with E-state index in [1.807, 2.05) is 0 Å². The highest BCUT2D eigenvalue weighted by Gasteiger charge is 2.35. The smallest absolute Gasteiger partial charge is 0.237 e. The number of allylic oxidation sites excluding steroid dienone is 1. The average Bonchev–Trinajstić information content (AvgIpc) is 2.30. The minimum absolute atomic E-state index is 0.0524. The summed E-state index contributed by atoms with van der Waals surface area (Å²) in [6.07, 6.45) is 0.172. The Balaban J connectivity index is 2.87. The minimum atomic E-state index is -0.914. The first-order valence-corrected chi connectivity index (χ1v) is 5.05. The molecule has 0 heterocycles. The van der Waals surface area contributed by atoms with E-state index >= 15 is 0 Å². The molecule has 0 atom stereocenters. The summed E-state index contributed by atoms with van der Waals surface area (Å²) in [5, 5.41) is 29.0. The molecule has 2 rings (SSSR count). The van der Waals surface area contributed by atoms with Crippen molar-refractivity contribution in [1.29, 1.82) is 0 Å². The van der Waals surface area contributed by atoms with Crippen LogP contribution in [0.1, 0.15) is 29.3 Å². The molecule has 1 aliphatic rings. The van der Waals surface area contributed by atoms with Crippen LogP contribution in [0.4, 0.5) is 0 Å². The molecule has 0 fully saturated rings. The Morgan fingerprint density at radius 2 is 1.47 bits per heavy atom. The largest absolute Gasteiger partial charge is 0.507 e. The highest BCUT2D eigenvalue weighted by atomic mass is 16.3. The van der Waals surface area contributed by atoms with Crippen molar-refractivity contribution in [3.8, 4) is 11.5 Å². The van der Waals surface area contributed by atoms with E-state index in [-0.39, 0.29) is 28.9 Å². The number of hydrogen-bond acceptors (Lipinski definition) is 5. The zero-order valence-electron chi connectivity index (χ0n) is 9.02. The number of rotatable bonds is 1. The Kier molecular flexibility index (Phi) is 2.38. The van der Waals surface area contributed by atoms with Gasteiger partial charge in [0.2, 0.25) is 11.6 Å². The molecule has 0 spiro atoms. The molecule has 0 amide bonds. The van der Waals surface area contributed by atoms with Crippen LogP contribution < -0.4 is 0 Å². The highest BCUT2D eigenvalue weighted by Crippen LogP contribution is 2.39. The molecule has 88 valence electrons. The third kappa shape index (κ3) is 1.39. The SMILES string of the molecule is CCC1=C(O)c2c(O)ccc(O)c2C(=O)C1=O. The van der Waals surface area contributed by atoms with Crippen molar-refractivity contribution in [1.82, 2.24) is 0 Å². The number of aliphatic hydroxyl groups excluding tert-OH is 1. The molecule has 1 aliphatic carbocycles. The van der Waals surface area contributed by atoms with Gasteiger partial charge in [-0.05, 0) is 18.6 Å². The van der Waals surface area contributed by atoms with Crippen molar-refractivity contribution in [3.05, 3.63) is 28.8 Å². The van der Waals surface area contributed by atoms with Crippen LogP contribution in [-0.2, 0) is 4.79 Å². The maximum atomic E-state index is 11.7. The molecule has 0 radical (unpaired) electrons. The van der Waals surface area contributed by atoms with E-state index in [4.69, 9.17) is 0 Å². The molecule has 0 unspecified atom stereocenters. The minimum Gasteiger partial charge on any atom is -0.507 e. The molecule has 17 heavy (non-hydrogen) atoms. The monoisotopic (exact) mass is 234 g/mol. The van der Waals surface area contributed by atoms with Gasteiger partial charge in [-0.25, -0.2) is 0 Å². The zero-order valence-corrected chi connectivity index (χ0v) is 9.02. The van der Waals surface area contributed by atoms with Gasteiger partial charge in [0.1, 0.15) is 17.3 Å². The molecule has 1 aromatic rings. The fourth-order valence-electron chi connectivity index (χ4n) is 1.89. The Morgan fingerprint density at radius 1 is 0.941 bits per heavy atom. The van der Waals surface area contributed by atoms with Crippen LogP contribution in [-0.4, -0.2) is 26.9 Å². The maximum absolute atomic E-state index is 11.7. The van der Waals surface area contributed by atoms with Gasteiger partial charge >= 0.3 is 0 Å². The third-order valence-electron chi connectivity index (χ3n) is 2.74. The van der Waals surface area contributed by atoms with E-state index in [9.17, 15) is 24.9 Å². The van der Waals surface area contributed by atoms with Crippen molar-refractivity contribution < 1.29 is 24.9 Å². The highest BCUT2D eigenvalue weighted by molar-refractivity contribution is 6.52. The summed E-state index contributed by atoms with van der Waals surface area (Å²) in [6.45, 7) is 1.61. The van der Waals surface area contributed by atoms with Gasteiger partial charge in [-0.1, -0.05) is 6.92 Å². The van der Waals surface area contributed by atoms with Crippen LogP contribution >= 0.6 is 0 Å². The molecular formula is C12H10O5. The number of Topliss-reactive ketones (excluding diaryl/α,β-unsaturated/α-hetero) is 2. The van der Waals surface area contributed by atoms with E-state index in [0.29, 0.717) is 0 Å². The van der Waals surface area contributed by atoms with Gasteiger partial charge in [0.25, 0.3) is 0 Å². The molecule has 0 aromatic heterocycles. The molecular weight excluding hydrogens is 224 g/mol. The summed E-state index contributed by atoms with van der Waals surface area (Å²) < 4.78 is 0. The van der Waals surface area contributed by atoms with Crippen LogP contribution in [0, 0.1) is 0 Å². The Hall–Kier alpha value is -2.30. The summed E-state index contributed by atoms with van der Waals surface area (Å²) in [7, 11) is 0. The Bertz CT molecular complexity index is 569. The summed E-state index contributed by atoms with van der Waals surface area (Å²) in [4.78, 5) is 23.4. The van der Waals surface area contributed by atoms with Gasteiger partial charge in [-0.3, -0.25) is 9.59 Å². The van der Waals surface area contributed by atoms with Gasteiger partial charge < -0.3 is 15.3 Å². The second-order valence-electron chi connectivity index (χ2n) is 3.69. The molecule has 0 saturated carbocycles. The summed E-state index contributed by atoms with van der Waals surface area (Å²) >= 11 is 0. The van der Waals surface area contributed by atoms with Gasteiger partial charge in [-0.2, -0.15) is 0 Å². The fraction of sp³-hybridized carbons (Fsp3) is 0.167. The number of aromatic hydroxyl groups is 2. The summed E-state index contributed by atoms with van der Waals surface area (Å²) in [5.74, 6) is -2.98. The van der Waals surface area contributed by atoms with E-state index < -0.39 is 23.1 Å². The Morgan fingerprint density at radius 3 is 2.00 bits per heavy atom. The number of carbonyl (C=O) groups excluding carboxylic acids is 2. The van der Waals surface area contributed by atoms with Crippen molar-refractivity contribution in [3.63, 3.8) is 0 Å². The fourth-order valence-corrected chi connectivity index (χ4v) is 1.89. The number of fused-ring (bicyclic) bond motifs is 1. The van der Waals surface area contributed by atoms with Crippen molar-refractivity contribution in [2.24, 2.45) is 0 Å². The van der Waals surface area contributed by atoms with E-state index in [0.717, 1.165) is 12.1 Å². The van der Waals surface area contributed by atoms with Crippen LogP contribution in [0.3, 0.4) is 0 Å². The second kappa shape index (κ2) is 3.62. The molecule has 5 nitrogen and oxygen atoms in total.